The first-order valence-electron chi connectivity index (χ1n) is 5.82. The van der Waals surface area contributed by atoms with E-state index in [1.54, 1.807) is 0 Å². The first-order chi connectivity index (χ1) is 8.11. The molecule has 0 atom stereocenters. The number of nitrogens with two attached hydrogens (primary N) is 1. The van der Waals surface area contributed by atoms with E-state index in [0.29, 0.717) is 19.6 Å². The largest absolute Gasteiger partial charge is 0.374 e. The van der Waals surface area contributed by atoms with Gasteiger partial charge in [-0.1, -0.05) is 12.1 Å². The fourth-order valence-corrected chi connectivity index (χ4v) is 1.30. The van der Waals surface area contributed by atoms with E-state index in [4.69, 9.17) is 10.5 Å². The summed E-state index contributed by atoms with van der Waals surface area (Å²) < 4.78 is 5.48. The SMILES string of the molecule is CC(C)OCc1ccc(NC(=O)CCN)cc1.Cl. The molecule has 0 fully saturated rings. The molecule has 4 nitrogen and oxygen atoms in total. The lowest BCUT2D eigenvalue weighted by atomic mass is 10.2. The maximum atomic E-state index is 11.3. The number of anilines is 1. The van der Waals surface area contributed by atoms with Gasteiger partial charge in [-0.2, -0.15) is 0 Å². The van der Waals surface area contributed by atoms with Crippen LogP contribution in [0.25, 0.3) is 0 Å². The van der Waals surface area contributed by atoms with Crippen LogP contribution in [0.5, 0.6) is 0 Å². The Morgan fingerprint density at radius 1 is 1.33 bits per heavy atom. The summed E-state index contributed by atoms with van der Waals surface area (Å²) in [6.07, 6.45) is 0.567. The van der Waals surface area contributed by atoms with E-state index in [1.807, 2.05) is 38.1 Å². The molecule has 0 saturated heterocycles. The summed E-state index contributed by atoms with van der Waals surface area (Å²) in [6.45, 7) is 4.96. The fourth-order valence-electron chi connectivity index (χ4n) is 1.30. The molecule has 5 heteroatoms. The van der Waals surface area contributed by atoms with E-state index in [2.05, 4.69) is 5.32 Å². The summed E-state index contributed by atoms with van der Waals surface area (Å²) in [5, 5.41) is 2.78. The minimum atomic E-state index is -0.0568. The maximum Gasteiger partial charge on any atom is 0.225 e. The molecule has 1 rings (SSSR count). The van der Waals surface area contributed by atoms with Crippen LogP contribution in [0.4, 0.5) is 5.69 Å². The number of benzene rings is 1. The molecule has 0 saturated carbocycles. The second kappa shape index (κ2) is 8.91. The third-order valence-corrected chi connectivity index (χ3v) is 2.19. The molecule has 0 radical (unpaired) electrons. The molecule has 0 aliphatic heterocycles. The Balaban J connectivity index is 0.00000289. The Hall–Kier alpha value is -1.10. The number of carbonyl (C=O) groups is 1. The van der Waals surface area contributed by atoms with E-state index in [1.165, 1.54) is 0 Å². The summed E-state index contributed by atoms with van der Waals surface area (Å²) in [6, 6.07) is 7.63. The number of rotatable bonds is 6. The fraction of sp³-hybridized carbons (Fsp3) is 0.462. The highest BCUT2D eigenvalue weighted by molar-refractivity contribution is 5.90. The van der Waals surface area contributed by atoms with Gasteiger partial charge in [-0.15, -0.1) is 12.4 Å². The third-order valence-electron chi connectivity index (χ3n) is 2.19. The summed E-state index contributed by atoms with van der Waals surface area (Å²) in [5.41, 5.74) is 7.18. The van der Waals surface area contributed by atoms with Gasteiger partial charge in [0.1, 0.15) is 0 Å². The van der Waals surface area contributed by atoms with Crippen molar-refractivity contribution >= 4 is 24.0 Å². The highest BCUT2D eigenvalue weighted by Gasteiger charge is 2.01. The minimum Gasteiger partial charge on any atom is -0.374 e. The van der Waals surface area contributed by atoms with E-state index >= 15 is 0 Å². The molecule has 1 aromatic carbocycles. The average molecular weight is 273 g/mol. The molecule has 0 aliphatic rings. The topological polar surface area (TPSA) is 64.3 Å². The zero-order valence-electron chi connectivity index (χ0n) is 10.8. The van der Waals surface area contributed by atoms with Crippen molar-refractivity contribution in [2.75, 3.05) is 11.9 Å². The van der Waals surface area contributed by atoms with Crippen LogP contribution in [-0.4, -0.2) is 18.6 Å². The third kappa shape index (κ3) is 6.59. The van der Waals surface area contributed by atoms with Gasteiger partial charge in [0.05, 0.1) is 12.7 Å². The number of halogens is 1. The van der Waals surface area contributed by atoms with Crippen molar-refractivity contribution in [1.29, 1.82) is 0 Å². The molecule has 0 spiro atoms. The zero-order valence-corrected chi connectivity index (χ0v) is 11.6. The Kier molecular flexibility index (Phi) is 8.37. The van der Waals surface area contributed by atoms with Gasteiger partial charge in [-0.25, -0.2) is 0 Å². The average Bonchev–Trinajstić information content (AvgIpc) is 2.28. The Morgan fingerprint density at radius 3 is 2.44 bits per heavy atom. The van der Waals surface area contributed by atoms with Gasteiger partial charge < -0.3 is 15.8 Å². The van der Waals surface area contributed by atoms with Crippen molar-refractivity contribution in [2.24, 2.45) is 5.73 Å². The maximum absolute atomic E-state index is 11.3. The molecule has 0 heterocycles. The van der Waals surface area contributed by atoms with Crippen LogP contribution in [0, 0.1) is 0 Å². The summed E-state index contributed by atoms with van der Waals surface area (Å²) in [5.74, 6) is -0.0568. The van der Waals surface area contributed by atoms with Gasteiger partial charge >= 0.3 is 0 Å². The number of hydrogen-bond acceptors (Lipinski definition) is 3. The quantitative estimate of drug-likeness (QED) is 0.835. The van der Waals surface area contributed by atoms with Crippen molar-refractivity contribution in [3.05, 3.63) is 29.8 Å². The molecule has 0 bridgehead atoms. The van der Waals surface area contributed by atoms with Crippen molar-refractivity contribution in [2.45, 2.75) is 33.0 Å². The van der Waals surface area contributed by atoms with Gasteiger partial charge in [0, 0.05) is 18.7 Å². The van der Waals surface area contributed by atoms with Crippen LogP contribution in [0.3, 0.4) is 0 Å². The van der Waals surface area contributed by atoms with Crippen LogP contribution < -0.4 is 11.1 Å². The first kappa shape index (κ1) is 16.9. The van der Waals surface area contributed by atoms with Gasteiger partial charge in [-0.05, 0) is 31.5 Å². The molecular weight excluding hydrogens is 252 g/mol. The van der Waals surface area contributed by atoms with Crippen molar-refractivity contribution in [1.82, 2.24) is 0 Å². The number of nitrogens with one attached hydrogen (secondary N) is 1. The van der Waals surface area contributed by atoms with Crippen LogP contribution in [-0.2, 0) is 16.1 Å². The number of ether oxygens (including phenoxy) is 1. The lowest BCUT2D eigenvalue weighted by molar-refractivity contribution is -0.116. The molecule has 1 amide bonds. The molecule has 0 unspecified atom stereocenters. The van der Waals surface area contributed by atoms with E-state index in [0.717, 1.165) is 11.3 Å². The van der Waals surface area contributed by atoms with E-state index in [9.17, 15) is 4.79 Å². The highest BCUT2D eigenvalue weighted by atomic mass is 35.5. The van der Waals surface area contributed by atoms with E-state index < -0.39 is 0 Å². The molecule has 0 aliphatic carbocycles. The number of amides is 1. The summed E-state index contributed by atoms with van der Waals surface area (Å²) in [7, 11) is 0. The second-order valence-corrected chi connectivity index (χ2v) is 4.14. The predicted molar refractivity (Wildman–Crippen MR) is 75.9 cm³/mol. The van der Waals surface area contributed by atoms with Crippen molar-refractivity contribution < 1.29 is 9.53 Å². The Labute approximate surface area is 114 Å². The summed E-state index contributed by atoms with van der Waals surface area (Å²) >= 11 is 0. The van der Waals surface area contributed by atoms with E-state index in [-0.39, 0.29) is 24.4 Å². The predicted octanol–water partition coefficient (Wildman–Crippen LogP) is 2.32. The Bertz CT molecular complexity index is 353. The molecule has 102 valence electrons. The van der Waals surface area contributed by atoms with Crippen molar-refractivity contribution in [3.63, 3.8) is 0 Å². The first-order valence-corrected chi connectivity index (χ1v) is 5.82. The van der Waals surface area contributed by atoms with Crippen LogP contribution in [0.1, 0.15) is 25.8 Å². The van der Waals surface area contributed by atoms with Gasteiger partial charge in [0.25, 0.3) is 0 Å². The summed E-state index contributed by atoms with van der Waals surface area (Å²) in [4.78, 5) is 11.3. The second-order valence-electron chi connectivity index (χ2n) is 4.14. The number of hydrogen-bond donors (Lipinski definition) is 2. The molecule has 0 aromatic heterocycles. The van der Waals surface area contributed by atoms with Crippen molar-refractivity contribution in [3.8, 4) is 0 Å². The smallest absolute Gasteiger partial charge is 0.225 e. The number of carbonyl (C=O) groups excluding carboxylic acids is 1. The monoisotopic (exact) mass is 272 g/mol. The lowest BCUT2D eigenvalue weighted by Crippen LogP contribution is -2.16. The normalized spacial score (nSPS) is 10.0. The lowest BCUT2D eigenvalue weighted by Gasteiger charge is -2.08. The van der Waals surface area contributed by atoms with Crippen LogP contribution in [0.2, 0.25) is 0 Å². The molecule has 3 N–H and O–H groups in total. The standard InChI is InChI=1S/C13H20N2O2.ClH/c1-10(2)17-9-11-3-5-12(6-4-11)15-13(16)7-8-14;/h3-6,10H,7-9,14H2,1-2H3,(H,15,16);1H. The zero-order chi connectivity index (χ0) is 12.7. The highest BCUT2D eigenvalue weighted by Crippen LogP contribution is 2.11. The van der Waals surface area contributed by atoms with Gasteiger partial charge in [0.15, 0.2) is 0 Å². The van der Waals surface area contributed by atoms with Crippen LogP contribution in [0.15, 0.2) is 24.3 Å². The molecular formula is C13H21ClN2O2. The molecule has 18 heavy (non-hydrogen) atoms. The minimum absolute atomic E-state index is 0. The van der Waals surface area contributed by atoms with Crippen LogP contribution >= 0.6 is 12.4 Å². The van der Waals surface area contributed by atoms with Gasteiger partial charge in [0.2, 0.25) is 5.91 Å². The van der Waals surface area contributed by atoms with Gasteiger partial charge in [-0.3, -0.25) is 4.79 Å². The molecule has 1 aromatic rings. The Morgan fingerprint density at radius 2 is 1.94 bits per heavy atom.